The number of carbonyl (C=O) groups excluding carboxylic acids is 1. The van der Waals surface area contributed by atoms with Gasteiger partial charge in [-0.15, -0.1) is 0 Å². The highest BCUT2D eigenvalue weighted by Crippen LogP contribution is 2.21. The highest BCUT2D eigenvalue weighted by atomic mass is 32.2. The number of ether oxygens (including phenoxy) is 1. The van der Waals surface area contributed by atoms with Crippen LogP contribution < -0.4 is 4.74 Å². The zero-order chi connectivity index (χ0) is 12.8. The van der Waals surface area contributed by atoms with E-state index in [1.54, 1.807) is 18.5 Å². The second-order valence-electron chi connectivity index (χ2n) is 3.54. The second kappa shape index (κ2) is 6.26. The maximum absolute atomic E-state index is 12.1. The van der Waals surface area contributed by atoms with E-state index in [-0.39, 0.29) is 5.78 Å². The fourth-order valence-corrected chi connectivity index (χ4v) is 2.23. The topological polar surface area (TPSA) is 55.0 Å². The SMILES string of the molecule is CCOc1ccccc1C(=O)CSc1ncc[nH]1. The fourth-order valence-electron chi connectivity index (χ4n) is 1.52. The van der Waals surface area contributed by atoms with Gasteiger partial charge < -0.3 is 9.72 Å². The average molecular weight is 262 g/mol. The minimum absolute atomic E-state index is 0.0421. The Labute approximate surface area is 110 Å². The number of aromatic amines is 1. The average Bonchev–Trinajstić information content (AvgIpc) is 2.90. The molecule has 0 aliphatic rings. The van der Waals surface area contributed by atoms with Crippen LogP contribution in [-0.4, -0.2) is 28.1 Å². The van der Waals surface area contributed by atoms with Crippen LogP contribution in [0.3, 0.4) is 0 Å². The first kappa shape index (κ1) is 12.7. The Morgan fingerprint density at radius 2 is 2.28 bits per heavy atom. The van der Waals surface area contributed by atoms with Crippen LogP contribution in [0.15, 0.2) is 41.8 Å². The van der Waals surface area contributed by atoms with Crippen molar-refractivity contribution in [3.05, 3.63) is 42.2 Å². The molecule has 0 unspecified atom stereocenters. The molecule has 0 fully saturated rings. The van der Waals surface area contributed by atoms with Gasteiger partial charge in [0.25, 0.3) is 0 Å². The molecule has 0 saturated heterocycles. The molecule has 0 radical (unpaired) electrons. The molecule has 1 N–H and O–H groups in total. The summed E-state index contributed by atoms with van der Waals surface area (Å²) < 4.78 is 5.44. The summed E-state index contributed by atoms with van der Waals surface area (Å²) in [6, 6.07) is 7.30. The van der Waals surface area contributed by atoms with Crippen molar-refractivity contribution < 1.29 is 9.53 Å². The number of H-pyrrole nitrogens is 1. The lowest BCUT2D eigenvalue weighted by molar-refractivity contribution is 0.101. The number of aromatic nitrogens is 2. The number of rotatable bonds is 6. The lowest BCUT2D eigenvalue weighted by Crippen LogP contribution is -2.06. The normalized spacial score (nSPS) is 10.3. The van der Waals surface area contributed by atoms with Crippen LogP contribution in [0.25, 0.3) is 0 Å². The molecule has 1 aromatic heterocycles. The van der Waals surface area contributed by atoms with Gasteiger partial charge >= 0.3 is 0 Å². The first-order valence-electron chi connectivity index (χ1n) is 5.68. The molecule has 1 heterocycles. The van der Waals surface area contributed by atoms with Crippen molar-refractivity contribution in [3.8, 4) is 5.75 Å². The standard InChI is InChI=1S/C13H14N2O2S/c1-2-17-12-6-4-3-5-10(12)11(16)9-18-13-14-7-8-15-13/h3-8H,2,9H2,1H3,(H,14,15). The summed E-state index contributed by atoms with van der Waals surface area (Å²) in [6.45, 7) is 2.45. The molecule has 2 aromatic rings. The molecule has 0 amide bonds. The number of nitrogens with zero attached hydrogens (tertiary/aromatic N) is 1. The van der Waals surface area contributed by atoms with Gasteiger partial charge in [0, 0.05) is 12.4 Å². The van der Waals surface area contributed by atoms with E-state index in [0.717, 1.165) is 5.16 Å². The minimum Gasteiger partial charge on any atom is -0.493 e. The van der Waals surface area contributed by atoms with Crippen LogP contribution >= 0.6 is 11.8 Å². The number of hydrogen-bond acceptors (Lipinski definition) is 4. The Morgan fingerprint density at radius 3 is 3.00 bits per heavy atom. The molecule has 0 bridgehead atoms. The summed E-state index contributed by atoms with van der Waals surface area (Å²) in [5.41, 5.74) is 0.624. The van der Waals surface area contributed by atoms with Crippen molar-refractivity contribution in [3.63, 3.8) is 0 Å². The lowest BCUT2D eigenvalue weighted by Gasteiger charge is -2.08. The number of thioether (sulfide) groups is 1. The van der Waals surface area contributed by atoms with Crippen LogP contribution in [0.4, 0.5) is 0 Å². The van der Waals surface area contributed by atoms with Crippen LogP contribution in [0, 0.1) is 0 Å². The third kappa shape index (κ3) is 3.13. The summed E-state index contributed by atoms with van der Waals surface area (Å²) in [5.74, 6) is 1.03. The Hall–Kier alpha value is -1.75. The Balaban J connectivity index is 2.04. The largest absolute Gasteiger partial charge is 0.493 e. The second-order valence-corrected chi connectivity index (χ2v) is 4.50. The predicted octanol–water partition coefficient (Wildman–Crippen LogP) is 2.78. The highest BCUT2D eigenvalue weighted by molar-refractivity contribution is 7.99. The monoisotopic (exact) mass is 262 g/mol. The Bertz CT molecular complexity index is 511. The number of Topliss-reactive ketones (excluding diaryl/α,β-unsaturated/α-hetero) is 1. The van der Waals surface area contributed by atoms with E-state index in [0.29, 0.717) is 23.7 Å². The molecule has 1 aromatic carbocycles. The fraction of sp³-hybridized carbons (Fsp3) is 0.231. The zero-order valence-corrected chi connectivity index (χ0v) is 10.9. The van der Waals surface area contributed by atoms with Crippen LogP contribution in [0.5, 0.6) is 5.75 Å². The van der Waals surface area contributed by atoms with Crippen molar-refractivity contribution in [1.29, 1.82) is 0 Å². The number of imidazole rings is 1. The first-order chi connectivity index (χ1) is 8.81. The summed E-state index contributed by atoms with van der Waals surface area (Å²) in [6.07, 6.45) is 3.40. The van der Waals surface area contributed by atoms with Crippen LogP contribution in [-0.2, 0) is 0 Å². The van der Waals surface area contributed by atoms with E-state index < -0.39 is 0 Å². The van der Waals surface area contributed by atoms with E-state index in [2.05, 4.69) is 9.97 Å². The van der Waals surface area contributed by atoms with Gasteiger partial charge in [-0.2, -0.15) is 0 Å². The maximum atomic E-state index is 12.1. The van der Waals surface area contributed by atoms with Gasteiger partial charge in [-0.25, -0.2) is 4.98 Å². The summed E-state index contributed by atoms with van der Waals surface area (Å²) in [5, 5.41) is 0.747. The number of hydrogen-bond donors (Lipinski definition) is 1. The van der Waals surface area contributed by atoms with Gasteiger partial charge in [0.1, 0.15) is 5.75 Å². The number of carbonyl (C=O) groups is 1. The highest BCUT2D eigenvalue weighted by Gasteiger charge is 2.12. The van der Waals surface area contributed by atoms with Crippen molar-refractivity contribution in [1.82, 2.24) is 9.97 Å². The summed E-state index contributed by atoms with van der Waals surface area (Å²) >= 11 is 1.39. The maximum Gasteiger partial charge on any atom is 0.176 e. The third-order valence-electron chi connectivity index (χ3n) is 2.30. The molecule has 94 valence electrons. The van der Waals surface area contributed by atoms with Gasteiger partial charge in [0.15, 0.2) is 10.9 Å². The van der Waals surface area contributed by atoms with Crippen LogP contribution in [0.2, 0.25) is 0 Å². The molecule has 5 heteroatoms. The Morgan fingerprint density at radius 1 is 1.44 bits per heavy atom. The number of para-hydroxylation sites is 1. The van der Waals surface area contributed by atoms with E-state index >= 15 is 0 Å². The van der Waals surface area contributed by atoms with Gasteiger partial charge in [-0.05, 0) is 19.1 Å². The number of benzene rings is 1. The smallest absolute Gasteiger partial charge is 0.176 e. The molecule has 0 aliphatic carbocycles. The zero-order valence-electron chi connectivity index (χ0n) is 10.1. The lowest BCUT2D eigenvalue weighted by atomic mass is 10.1. The molecule has 18 heavy (non-hydrogen) atoms. The van der Waals surface area contributed by atoms with E-state index in [1.807, 2.05) is 25.1 Å². The molecule has 0 saturated carbocycles. The molecular formula is C13H14N2O2S. The first-order valence-corrected chi connectivity index (χ1v) is 6.67. The number of ketones is 1. The van der Waals surface area contributed by atoms with E-state index in [1.165, 1.54) is 11.8 Å². The van der Waals surface area contributed by atoms with Crippen molar-refractivity contribution >= 4 is 17.5 Å². The van der Waals surface area contributed by atoms with E-state index in [9.17, 15) is 4.79 Å². The van der Waals surface area contributed by atoms with Crippen molar-refractivity contribution in [2.24, 2.45) is 0 Å². The molecule has 0 aliphatic heterocycles. The van der Waals surface area contributed by atoms with Gasteiger partial charge in [-0.3, -0.25) is 4.79 Å². The minimum atomic E-state index is 0.0421. The van der Waals surface area contributed by atoms with Gasteiger partial charge in [0.05, 0.1) is 17.9 Å². The summed E-state index contributed by atoms with van der Waals surface area (Å²) in [4.78, 5) is 19.1. The molecule has 0 spiro atoms. The quantitative estimate of drug-likeness (QED) is 0.642. The van der Waals surface area contributed by atoms with Crippen LogP contribution in [0.1, 0.15) is 17.3 Å². The van der Waals surface area contributed by atoms with Gasteiger partial charge in [-0.1, -0.05) is 23.9 Å². The van der Waals surface area contributed by atoms with Crippen molar-refractivity contribution in [2.75, 3.05) is 12.4 Å². The summed E-state index contributed by atoms with van der Waals surface area (Å²) in [7, 11) is 0. The molecule has 0 atom stereocenters. The molecule has 4 nitrogen and oxygen atoms in total. The number of nitrogens with one attached hydrogen (secondary N) is 1. The predicted molar refractivity (Wildman–Crippen MR) is 71.3 cm³/mol. The molecular weight excluding hydrogens is 248 g/mol. The Kier molecular flexibility index (Phi) is 4.41. The third-order valence-corrected chi connectivity index (χ3v) is 3.20. The van der Waals surface area contributed by atoms with Crippen molar-refractivity contribution in [2.45, 2.75) is 12.1 Å². The van der Waals surface area contributed by atoms with Gasteiger partial charge in [0.2, 0.25) is 0 Å². The molecule has 2 rings (SSSR count). The van der Waals surface area contributed by atoms with E-state index in [4.69, 9.17) is 4.74 Å².